The van der Waals surface area contributed by atoms with Crippen molar-refractivity contribution in [2.24, 2.45) is 5.92 Å². The smallest absolute Gasteiger partial charge is 0.220 e. The van der Waals surface area contributed by atoms with Crippen molar-refractivity contribution in [3.05, 3.63) is 0 Å². The predicted octanol–water partition coefficient (Wildman–Crippen LogP) is 4.90. The third-order valence-corrected chi connectivity index (χ3v) is 3.69. The molecule has 0 aliphatic carbocycles. The SMILES string of the molecule is CCCCCCCCCC(=O)NC(CCl)CC(C)C. The topological polar surface area (TPSA) is 29.1 Å². The number of hydrogen-bond donors (Lipinski definition) is 1. The summed E-state index contributed by atoms with van der Waals surface area (Å²) in [5, 5.41) is 3.04. The van der Waals surface area contributed by atoms with Crippen LogP contribution in [-0.4, -0.2) is 17.8 Å². The number of rotatable bonds is 12. The van der Waals surface area contributed by atoms with Gasteiger partial charge in [0.15, 0.2) is 0 Å². The lowest BCUT2D eigenvalue weighted by atomic mass is 10.0. The number of halogens is 1. The molecule has 1 atom stereocenters. The van der Waals surface area contributed by atoms with E-state index in [1.54, 1.807) is 0 Å². The molecule has 0 aliphatic rings. The molecule has 0 aromatic heterocycles. The van der Waals surface area contributed by atoms with Crippen molar-refractivity contribution in [3.8, 4) is 0 Å². The molecule has 1 unspecified atom stereocenters. The van der Waals surface area contributed by atoms with Gasteiger partial charge in [0.05, 0.1) is 0 Å². The molecule has 1 N–H and O–H groups in total. The molecule has 3 heteroatoms. The maximum Gasteiger partial charge on any atom is 0.220 e. The third kappa shape index (κ3) is 12.5. The Labute approximate surface area is 124 Å². The zero-order valence-electron chi connectivity index (χ0n) is 13.0. The average molecular weight is 290 g/mol. The van der Waals surface area contributed by atoms with E-state index >= 15 is 0 Å². The summed E-state index contributed by atoms with van der Waals surface area (Å²) in [6, 6.07) is 0.138. The fourth-order valence-electron chi connectivity index (χ4n) is 2.27. The van der Waals surface area contributed by atoms with Gasteiger partial charge in [0, 0.05) is 18.3 Å². The highest BCUT2D eigenvalue weighted by atomic mass is 35.5. The molecule has 0 bridgehead atoms. The first kappa shape index (κ1) is 18.8. The second-order valence-electron chi connectivity index (χ2n) is 5.92. The van der Waals surface area contributed by atoms with Crippen LogP contribution in [0.5, 0.6) is 0 Å². The van der Waals surface area contributed by atoms with E-state index in [0.29, 0.717) is 18.2 Å². The molecule has 0 heterocycles. The number of carbonyl (C=O) groups excluding carboxylic acids is 1. The Morgan fingerprint density at radius 1 is 1.05 bits per heavy atom. The van der Waals surface area contributed by atoms with E-state index in [4.69, 9.17) is 11.6 Å². The lowest BCUT2D eigenvalue weighted by Gasteiger charge is -2.18. The van der Waals surface area contributed by atoms with Crippen molar-refractivity contribution in [1.29, 1.82) is 0 Å². The summed E-state index contributed by atoms with van der Waals surface area (Å²) in [5.74, 6) is 1.25. The Bertz CT molecular complexity index is 219. The first-order valence-electron chi connectivity index (χ1n) is 7.95. The van der Waals surface area contributed by atoms with E-state index < -0.39 is 0 Å². The molecule has 1 amide bonds. The molecule has 0 aromatic rings. The zero-order valence-corrected chi connectivity index (χ0v) is 13.8. The quantitative estimate of drug-likeness (QED) is 0.402. The van der Waals surface area contributed by atoms with Gasteiger partial charge < -0.3 is 5.32 Å². The van der Waals surface area contributed by atoms with Gasteiger partial charge in [-0.05, 0) is 18.8 Å². The maximum atomic E-state index is 11.8. The van der Waals surface area contributed by atoms with Crippen LogP contribution in [0.2, 0.25) is 0 Å². The van der Waals surface area contributed by atoms with Crippen LogP contribution in [0.3, 0.4) is 0 Å². The van der Waals surface area contributed by atoms with Gasteiger partial charge in [-0.15, -0.1) is 11.6 Å². The van der Waals surface area contributed by atoms with Gasteiger partial charge in [-0.2, -0.15) is 0 Å². The van der Waals surface area contributed by atoms with Gasteiger partial charge in [0.1, 0.15) is 0 Å². The second kappa shape index (κ2) is 12.8. The second-order valence-corrected chi connectivity index (χ2v) is 6.23. The Morgan fingerprint density at radius 3 is 2.16 bits per heavy atom. The molecule has 2 nitrogen and oxygen atoms in total. The molecular weight excluding hydrogens is 258 g/mol. The summed E-state index contributed by atoms with van der Waals surface area (Å²) in [5.41, 5.74) is 0. The summed E-state index contributed by atoms with van der Waals surface area (Å²) in [6.45, 7) is 6.54. The maximum absolute atomic E-state index is 11.8. The lowest BCUT2D eigenvalue weighted by Crippen LogP contribution is -2.36. The highest BCUT2D eigenvalue weighted by molar-refractivity contribution is 6.18. The van der Waals surface area contributed by atoms with Crippen LogP contribution >= 0.6 is 11.6 Å². The van der Waals surface area contributed by atoms with Crippen molar-refractivity contribution in [2.45, 2.75) is 84.6 Å². The number of amides is 1. The molecule has 114 valence electrons. The van der Waals surface area contributed by atoms with Crippen LogP contribution in [0.15, 0.2) is 0 Å². The van der Waals surface area contributed by atoms with Crippen molar-refractivity contribution < 1.29 is 4.79 Å². The highest BCUT2D eigenvalue weighted by Gasteiger charge is 2.12. The van der Waals surface area contributed by atoms with Crippen molar-refractivity contribution in [3.63, 3.8) is 0 Å². The van der Waals surface area contributed by atoms with E-state index in [-0.39, 0.29) is 11.9 Å². The number of unbranched alkanes of at least 4 members (excludes halogenated alkanes) is 6. The van der Waals surface area contributed by atoms with E-state index in [9.17, 15) is 4.79 Å². The molecule has 0 saturated carbocycles. The molecule has 0 spiro atoms. The minimum absolute atomic E-state index is 0.138. The van der Waals surface area contributed by atoms with Gasteiger partial charge >= 0.3 is 0 Å². The van der Waals surface area contributed by atoms with Gasteiger partial charge in [-0.25, -0.2) is 0 Å². The fourth-order valence-corrected chi connectivity index (χ4v) is 2.48. The Balaban J connectivity index is 3.52. The Hall–Kier alpha value is -0.240. The molecule has 19 heavy (non-hydrogen) atoms. The van der Waals surface area contributed by atoms with Gasteiger partial charge in [-0.3, -0.25) is 4.79 Å². The minimum atomic E-state index is 0.138. The first-order valence-corrected chi connectivity index (χ1v) is 8.48. The Morgan fingerprint density at radius 2 is 1.63 bits per heavy atom. The lowest BCUT2D eigenvalue weighted by molar-refractivity contribution is -0.121. The summed E-state index contributed by atoms with van der Waals surface area (Å²) in [6.07, 6.45) is 10.3. The molecule has 0 aromatic carbocycles. The van der Waals surface area contributed by atoms with Crippen LogP contribution in [-0.2, 0) is 4.79 Å². The van der Waals surface area contributed by atoms with Crippen LogP contribution in [0, 0.1) is 5.92 Å². The summed E-state index contributed by atoms with van der Waals surface area (Å²) < 4.78 is 0. The predicted molar refractivity (Wildman–Crippen MR) is 84.7 cm³/mol. The van der Waals surface area contributed by atoms with Crippen molar-refractivity contribution in [2.75, 3.05) is 5.88 Å². The molecule has 0 radical (unpaired) electrons. The number of hydrogen-bond acceptors (Lipinski definition) is 1. The van der Waals surface area contributed by atoms with Gasteiger partial charge in [0.2, 0.25) is 5.91 Å². The van der Waals surface area contributed by atoms with E-state index in [2.05, 4.69) is 26.1 Å². The average Bonchev–Trinajstić information content (AvgIpc) is 2.36. The normalized spacial score (nSPS) is 12.7. The van der Waals surface area contributed by atoms with Crippen LogP contribution in [0.1, 0.15) is 78.6 Å². The summed E-state index contributed by atoms with van der Waals surface area (Å²) >= 11 is 5.87. The third-order valence-electron chi connectivity index (χ3n) is 3.31. The standard InChI is InChI=1S/C16H32ClNO/c1-4-5-6-7-8-9-10-11-16(19)18-15(13-17)12-14(2)3/h14-15H,4-13H2,1-3H3,(H,18,19). The Kier molecular flexibility index (Phi) is 12.6. The fraction of sp³-hybridized carbons (Fsp3) is 0.938. The molecule has 0 aliphatic heterocycles. The number of nitrogens with one attached hydrogen (secondary N) is 1. The highest BCUT2D eigenvalue weighted by Crippen LogP contribution is 2.09. The monoisotopic (exact) mass is 289 g/mol. The summed E-state index contributed by atoms with van der Waals surface area (Å²) in [7, 11) is 0. The first-order chi connectivity index (χ1) is 9.10. The number of carbonyl (C=O) groups is 1. The molecular formula is C16H32ClNO. The molecule has 0 saturated heterocycles. The van der Waals surface area contributed by atoms with Crippen LogP contribution < -0.4 is 5.32 Å². The summed E-state index contributed by atoms with van der Waals surface area (Å²) in [4.78, 5) is 11.8. The largest absolute Gasteiger partial charge is 0.352 e. The van der Waals surface area contributed by atoms with Gasteiger partial charge in [-0.1, -0.05) is 59.3 Å². The molecule has 0 rings (SSSR count). The van der Waals surface area contributed by atoms with Crippen LogP contribution in [0.25, 0.3) is 0 Å². The van der Waals surface area contributed by atoms with E-state index in [1.165, 1.54) is 38.5 Å². The van der Waals surface area contributed by atoms with E-state index in [1.807, 2.05) is 0 Å². The van der Waals surface area contributed by atoms with Crippen molar-refractivity contribution in [1.82, 2.24) is 5.32 Å². The number of alkyl halides is 1. The van der Waals surface area contributed by atoms with Crippen LogP contribution in [0.4, 0.5) is 0 Å². The van der Waals surface area contributed by atoms with E-state index in [0.717, 1.165) is 12.8 Å². The zero-order chi connectivity index (χ0) is 14.5. The van der Waals surface area contributed by atoms with Gasteiger partial charge in [0.25, 0.3) is 0 Å². The molecule has 0 fully saturated rings. The minimum Gasteiger partial charge on any atom is -0.352 e. The van der Waals surface area contributed by atoms with Crippen molar-refractivity contribution >= 4 is 17.5 Å².